The SMILES string of the molecule is COCc1nc(-c2ccc(C)c(F)c2)sc1CNC1CC1. The van der Waals surface area contributed by atoms with E-state index in [1.165, 1.54) is 17.7 Å². The number of nitrogens with one attached hydrogen (secondary N) is 1. The Hall–Kier alpha value is -1.30. The van der Waals surface area contributed by atoms with E-state index in [9.17, 15) is 4.39 Å². The Bertz CT molecular complexity index is 637. The molecule has 3 rings (SSSR count). The summed E-state index contributed by atoms with van der Waals surface area (Å²) in [5.74, 6) is -0.186. The van der Waals surface area contributed by atoms with Crippen molar-refractivity contribution in [3.8, 4) is 10.6 Å². The summed E-state index contributed by atoms with van der Waals surface area (Å²) in [7, 11) is 1.67. The smallest absolute Gasteiger partial charge is 0.126 e. The predicted octanol–water partition coefficient (Wildman–Crippen LogP) is 3.66. The first-order chi connectivity index (χ1) is 10.2. The van der Waals surface area contributed by atoms with Gasteiger partial charge in [-0.1, -0.05) is 12.1 Å². The molecule has 1 saturated carbocycles. The highest BCUT2D eigenvalue weighted by Gasteiger charge is 2.21. The summed E-state index contributed by atoms with van der Waals surface area (Å²) >= 11 is 1.62. The van der Waals surface area contributed by atoms with Crippen molar-refractivity contribution in [3.63, 3.8) is 0 Å². The molecule has 112 valence electrons. The second kappa shape index (κ2) is 6.22. The van der Waals surface area contributed by atoms with E-state index in [4.69, 9.17) is 4.74 Å². The van der Waals surface area contributed by atoms with Gasteiger partial charge in [-0.2, -0.15) is 0 Å². The van der Waals surface area contributed by atoms with Gasteiger partial charge in [0, 0.05) is 30.1 Å². The molecule has 0 atom stereocenters. The van der Waals surface area contributed by atoms with E-state index in [0.717, 1.165) is 22.8 Å². The molecule has 0 unspecified atom stereocenters. The first kappa shape index (κ1) is 14.6. The van der Waals surface area contributed by atoms with Crippen LogP contribution in [-0.2, 0) is 17.9 Å². The van der Waals surface area contributed by atoms with Gasteiger partial charge in [0.25, 0.3) is 0 Å². The fraction of sp³-hybridized carbons (Fsp3) is 0.438. The zero-order valence-electron chi connectivity index (χ0n) is 12.3. The van der Waals surface area contributed by atoms with E-state index < -0.39 is 0 Å². The van der Waals surface area contributed by atoms with Crippen molar-refractivity contribution < 1.29 is 9.13 Å². The van der Waals surface area contributed by atoms with Crippen LogP contribution in [0.5, 0.6) is 0 Å². The number of halogens is 1. The lowest BCUT2D eigenvalue weighted by molar-refractivity contribution is 0.181. The van der Waals surface area contributed by atoms with Gasteiger partial charge in [-0.25, -0.2) is 9.37 Å². The molecule has 1 aliphatic rings. The maximum Gasteiger partial charge on any atom is 0.126 e. The minimum absolute atomic E-state index is 0.186. The Balaban J connectivity index is 1.86. The quantitative estimate of drug-likeness (QED) is 0.884. The lowest BCUT2D eigenvalue weighted by Crippen LogP contribution is -2.15. The second-order valence-corrected chi connectivity index (χ2v) is 6.52. The van der Waals surface area contributed by atoms with Gasteiger partial charge in [0.15, 0.2) is 0 Å². The molecule has 0 amide bonds. The van der Waals surface area contributed by atoms with Gasteiger partial charge in [0.1, 0.15) is 10.8 Å². The topological polar surface area (TPSA) is 34.1 Å². The van der Waals surface area contributed by atoms with Gasteiger partial charge in [-0.05, 0) is 31.4 Å². The third-order valence-corrected chi connectivity index (χ3v) is 4.75. The molecule has 0 spiro atoms. The minimum Gasteiger partial charge on any atom is -0.378 e. The molecule has 1 N–H and O–H groups in total. The van der Waals surface area contributed by atoms with E-state index in [1.807, 2.05) is 6.07 Å². The van der Waals surface area contributed by atoms with Crippen LogP contribution in [0.2, 0.25) is 0 Å². The van der Waals surface area contributed by atoms with Crippen molar-refractivity contribution in [2.24, 2.45) is 0 Å². The second-order valence-electron chi connectivity index (χ2n) is 5.44. The monoisotopic (exact) mass is 306 g/mol. The Morgan fingerprint density at radius 3 is 2.90 bits per heavy atom. The van der Waals surface area contributed by atoms with Crippen LogP contribution in [0.3, 0.4) is 0 Å². The van der Waals surface area contributed by atoms with E-state index in [-0.39, 0.29) is 5.82 Å². The maximum atomic E-state index is 13.7. The molecule has 2 aromatic rings. The van der Waals surface area contributed by atoms with Crippen LogP contribution in [0.4, 0.5) is 4.39 Å². The van der Waals surface area contributed by atoms with Crippen molar-refractivity contribution in [2.75, 3.05) is 7.11 Å². The van der Waals surface area contributed by atoms with Crippen molar-refractivity contribution in [3.05, 3.63) is 40.2 Å². The Morgan fingerprint density at radius 2 is 2.24 bits per heavy atom. The molecular formula is C16H19FN2OS. The van der Waals surface area contributed by atoms with E-state index >= 15 is 0 Å². The summed E-state index contributed by atoms with van der Waals surface area (Å²) in [6.07, 6.45) is 2.52. The number of benzene rings is 1. The number of ether oxygens (including phenoxy) is 1. The summed E-state index contributed by atoms with van der Waals surface area (Å²) in [5.41, 5.74) is 2.44. The Labute approximate surface area is 128 Å². The lowest BCUT2D eigenvalue weighted by Gasteiger charge is -2.02. The van der Waals surface area contributed by atoms with Crippen LogP contribution in [0.15, 0.2) is 18.2 Å². The number of thiazole rings is 1. The molecule has 5 heteroatoms. The molecule has 0 saturated heterocycles. The number of hydrogen-bond acceptors (Lipinski definition) is 4. The van der Waals surface area contributed by atoms with Crippen LogP contribution >= 0.6 is 11.3 Å². The molecule has 1 fully saturated rings. The molecule has 0 bridgehead atoms. The van der Waals surface area contributed by atoms with Gasteiger partial charge < -0.3 is 10.1 Å². The zero-order valence-corrected chi connectivity index (χ0v) is 13.1. The Morgan fingerprint density at radius 1 is 1.43 bits per heavy atom. The van der Waals surface area contributed by atoms with Crippen molar-refractivity contribution in [1.82, 2.24) is 10.3 Å². The number of hydrogen-bond donors (Lipinski definition) is 1. The van der Waals surface area contributed by atoms with E-state index in [2.05, 4.69) is 10.3 Å². The summed E-state index contributed by atoms with van der Waals surface area (Å²) in [5, 5.41) is 4.35. The first-order valence-electron chi connectivity index (χ1n) is 7.15. The average Bonchev–Trinajstić information content (AvgIpc) is 3.21. The summed E-state index contributed by atoms with van der Waals surface area (Å²) in [6.45, 7) is 3.07. The molecule has 1 aliphatic carbocycles. The summed E-state index contributed by atoms with van der Waals surface area (Å²) in [4.78, 5) is 5.81. The van der Waals surface area contributed by atoms with Crippen LogP contribution in [0, 0.1) is 12.7 Å². The molecule has 1 aromatic heterocycles. The van der Waals surface area contributed by atoms with Gasteiger partial charge in [0.2, 0.25) is 0 Å². The normalized spacial score (nSPS) is 14.6. The van der Waals surface area contributed by atoms with Crippen molar-refractivity contribution in [2.45, 2.75) is 39.0 Å². The molecule has 0 radical (unpaired) electrons. The largest absolute Gasteiger partial charge is 0.378 e. The molecule has 3 nitrogen and oxygen atoms in total. The first-order valence-corrected chi connectivity index (χ1v) is 7.96. The number of aryl methyl sites for hydroxylation is 1. The van der Waals surface area contributed by atoms with Gasteiger partial charge >= 0.3 is 0 Å². The third-order valence-electron chi connectivity index (χ3n) is 3.61. The van der Waals surface area contributed by atoms with Gasteiger partial charge in [0.05, 0.1) is 12.3 Å². The summed E-state index contributed by atoms with van der Waals surface area (Å²) in [6, 6.07) is 5.93. The third kappa shape index (κ3) is 3.48. The van der Waals surface area contributed by atoms with E-state index in [1.54, 1.807) is 37.5 Å². The van der Waals surface area contributed by atoms with E-state index in [0.29, 0.717) is 18.2 Å². The molecule has 1 aromatic carbocycles. The van der Waals surface area contributed by atoms with Gasteiger partial charge in [-0.3, -0.25) is 0 Å². The van der Waals surface area contributed by atoms with Gasteiger partial charge in [-0.15, -0.1) is 11.3 Å². The number of methoxy groups -OCH3 is 1. The zero-order chi connectivity index (χ0) is 14.8. The van der Waals surface area contributed by atoms with Crippen molar-refractivity contribution in [1.29, 1.82) is 0 Å². The standard InChI is InChI=1S/C16H19FN2OS/c1-10-3-4-11(7-13(10)17)16-19-14(9-20-2)15(21-16)8-18-12-5-6-12/h3-4,7,12,18H,5-6,8-9H2,1-2H3. The molecule has 0 aliphatic heterocycles. The molecule has 1 heterocycles. The molecular weight excluding hydrogens is 287 g/mol. The van der Waals surface area contributed by atoms with Crippen LogP contribution in [-0.4, -0.2) is 18.1 Å². The molecule has 21 heavy (non-hydrogen) atoms. The lowest BCUT2D eigenvalue weighted by atomic mass is 10.1. The minimum atomic E-state index is -0.186. The fourth-order valence-electron chi connectivity index (χ4n) is 2.14. The maximum absolute atomic E-state index is 13.7. The fourth-order valence-corrected chi connectivity index (χ4v) is 3.16. The highest BCUT2D eigenvalue weighted by Crippen LogP contribution is 2.30. The predicted molar refractivity (Wildman–Crippen MR) is 82.8 cm³/mol. The van der Waals surface area contributed by atoms with Crippen LogP contribution in [0.25, 0.3) is 10.6 Å². The van der Waals surface area contributed by atoms with Crippen LogP contribution < -0.4 is 5.32 Å². The number of rotatable bonds is 6. The highest BCUT2D eigenvalue weighted by atomic mass is 32.1. The van der Waals surface area contributed by atoms with Crippen molar-refractivity contribution >= 4 is 11.3 Å². The Kier molecular flexibility index (Phi) is 4.33. The summed E-state index contributed by atoms with van der Waals surface area (Å²) < 4.78 is 18.9. The van der Waals surface area contributed by atoms with Crippen LogP contribution in [0.1, 0.15) is 29.0 Å². The average molecular weight is 306 g/mol. The highest BCUT2D eigenvalue weighted by molar-refractivity contribution is 7.15. The number of nitrogens with zero attached hydrogens (tertiary/aromatic N) is 1. The number of aromatic nitrogens is 1.